The van der Waals surface area contributed by atoms with E-state index >= 15 is 0 Å². The van der Waals surface area contributed by atoms with Crippen molar-refractivity contribution >= 4 is 5.97 Å². The monoisotopic (exact) mass is 243 g/mol. The lowest BCUT2D eigenvalue weighted by Gasteiger charge is -2.15. The van der Waals surface area contributed by atoms with Crippen LogP contribution in [-0.4, -0.2) is 26.2 Å². The Labute approximate surface area is 106 Å². The predicted octanol–water partition coefficient (Wildman–Crippen LogP) is 3.14. The van der Waals surface area contributed by atoms with Crippen molar-refractivity contribution in [2.75, 3.05) is 20.2 Å². The molecule has 0 saturated carbocycles. The summed E-state index contributed by atoms with van der Waals surface area (Å²) >= 11 is 0. The van der Waals surface area contributed by atoms with Gasteiger partial charge in [0.25, 0.3) is 0 Å². The molecule has 0 aromatic rings. The minimum atomic E-state index is -0.131. The van der Waals surface area contributed by atoms with Crippen LogP contribution in [0, 0.1) is 5.92 Å². The maximum atomic E-state index is 10.9. The van der Waals surface area contributed by atoms with Crippen LogP contribution in [0.5, 0.6) is 0 Å². The summed E-state index contributed by atoms with van der Waals surface area (Å²) in [6.07, 6.45) is 8.35. The van der Waals surface area contributed by atoms with Gasteiger partial charge in [-0.25, -0.2) is 0 Å². The molecule has 0 aliphatic heterocycles. The van der Waals surface area contributed by atoms with Crippen LogP contribution in [-0.2, 0) is 9.53 Å². The Balaban J connectivity index is 3.44. The van der Waals surface area contributed by atoms with E-state index in [-0.39, 0.29) is 5.97 Å². The van der Waals surface area contributed by atoms with Crippen molar-refractivity contribution in [3.05, 3.63) is 0 Å². The fraction of sp³-hybridized carbons (Fsp3) is 0.929. The molecule has 0 aromatic carbocycles. The Bertz CT molecular complexity index is 183. The minimum Gasteiger partial charge on any atom is -0.469 e. The molecule has 0 saturated heterocycles. The van der Waals surface area contributed by atoms with Gasteiger partial charge in [0.2, 0.25) is 0 Å². The molecule has 0 heterocycles. The van der Waals surface area contributed by atoms with Crippen molar-refractivity contribution in [2.24, 2.45) is 5.92 Å². The summed E-state index contributed by atoms with van der Waals surface area (Å²) < 4.78 is 4.60. The Morgan fingerprint density at radius 3 is 2.59 bits per heavy atom. The van der Waals surface area contributed by atoms with E-state index in [0.717, 1.165) is 19.0 Å². The Hall–Kier alpha value is -0.570. The number of hydrogen-bond acceptors (Lipinski definition) is 3. The van der Waals surface area contributed by atoms with Crippen molar-refractivity contribution in [3.8, 4) is 0 Å². The van der Waals surface area contributed by atoms with Gasteiger partial charge in [-0.15, -0.1) is 0 Å². The second kappa shape index (κ2) is 11.9. The predicted molar refractivity (Wildman–Crippen MR) is 72.0 cm³/mol. The lowest BCUT2D eigenvalue weighted by Crippen LogP contribution is -2.25. The number of unbranched alkanes of at least 4 members (excludes halogenated alkanes) is 3. The maximum Gasteiger partial charge on any atom is 0.306 e. The molecule has 0 amide bonds. The third-order valence-electron chi connectivity index (χ3n) is 3.21. The molecule has 1 atom stereocenters. The van der Waals surface area contributed by atoms with Crippen LogP contribution >= 0.6 is 0 Å². The summed E-state index contributed by atoms with van der Waals surface area (Å²) in [7, 11) is 1.44. The van der Waals surface area contributed by atoms with Crippen LogP contribution in [0.2, 0.25) is 0 Å². The quantitative estimate of drug-likeness (QED) is 0.447. The highest BCUT2D eigenvalue weighted by Gasteiger charge is 2.06. The normalized spacial score (nSPS) is 12.4. The Morgan fingerprint density at radius 2 is 2.00 bits per heavy atom. The molecule has 0 bridgehead atoms. The lowest BCUT2D eigenvalue weighted by atomic mass is 9.98. The van der Waals surface area contributed by atoms with Crippen molar-refractivity contribution in [3.63, 3.8) is 0 Å². The van der Waals surface area contributed by atoms with Gasteiger partial charge in [-0.3, -0.25) is 4.79 Å². The topological polar surface area (TPSA) is 38.3 Å². The molecule has 0 fully saturated rings. The fourth-order valence-electron chi connectivity index (χ4n) is 1.91. The first-order chi connectivity index (χ1) is 8.24. The van der Waals surface area contributed by atoms with E-state index in [1.165, 1.54) is 45.6 Å². The zero-order valence-corrected chi connectivity index (χ0v) is 11.8. The molecule has 3 nitrogen and oxygen atoms in total. The van der Waals surface area contributed by atoms with Gasteiger partial charge in [0.1, 0.15) is 0 Å². The molecule has 0 aliphatic carbocycles. The van der Waals surface area contributed by atoms with Crippen molar-refractivity contribution in [2.45, 2.75) is 58.8 Å². The van der Waals surface area contributed by atoms with Gasteiger partial charge in [-0.2, -0.15) is 0 Å². The number of methoxy groups -OCH3 is 1. The average molecular weight is 243 g/mol. The van der Waals surface area contributed by atoms with E-state index in [1.807, 2.05) is 0 Å². The number of nitrogens with one attached hydrogen (secondary N) is 1. The van der Waals surface area contributed by atoms with Crippen LogP contribution < -0.4 is 5.32 Å². The maximum absolute atomic E-state index is 10.9. The number of carbonyl (C=O) groups is 1. The molecule has 1 N–H and O–H groups in total. The highest BCUT2D eigenvalue weighted by molar-refractivity contribution is 5.69. The Morgan fingerprint density at radius 1 is 1.24 bits per heavy atom. The van der Waals surface area contributed by atoms with Gasteiger partial charge >= 0.3 is 5.97 Å². The molecule has 3 heteroatoms. The van der Waals surface area contributed by atoms with Crippen molar-refractivity contribution in [1.82, 2.24) is 5.32 Å². The first kappa shape index (κ1) is 16.4. The van der Waals surface area contributed by atoms with Crippen molar-refractivity contribution in [1.29, 1.82) is 0 Å². The fourth-order valence-corrected chi connectivity index (χ4v) is 1.91. The van der Waals surface area contributed by atoms with E-state index < -0.39 is 0 Å². The number of ether oxygens (including phenoxy) is 1. The molecule has 1 unspecified atom stereocenters. The number of hydrogen-bond donors (Lipinski definition) is 1. The number of carbonyl (C=O) groups excluding carboxylic acids is 1. The standard InChI is InChI=1S/C14H29NO2/c1-4-6-7-8-9-13(5-2)12-15-11-10-14(16)17-3/h13,15H,4-12H2,1-3H3. The summed E-state index contributed by atoms with van der Waals surface area (Å²) in [5.74, 6) is 0.623. The van der Waals surface area contributed by atoms with Gasteiger partial charge in [-0.05, 0) is 18.9 Å². The van der Waals surface area contributed by atoms with Gasteiger partial charge in [0, 0.05) is 6.54 Å². The minimum absolute atomic E-state index is 0.131. The van der Waals surface area contributed by atoms with Gasteiger partial charge in [0.15, 0.2) is 0 Å². The van der Waals surface area contributed by atoms with Crippen molar-refractivity contribution < 1.29 is 9.53 Å². The summed E-state index contributed by atoms with van der Waals surface area (Å²) in [6.45, 7) is 6.25. The first-order valence-corrected chi connectivity index (χ1v) is 7.02. The molecule has 0 spiro atoms. The molecule has 17 heavy (non-hydrogen) atoms. The highest BCUT2D eigenvalue weighted by atomic mass is 16.5. The van der Waals surface area contributed by atoms with E-state index in [0.29, 0.717) is 6.42 Å². The van der Waals surface area contributed by atoms with Crippen LogP contribution in [0.1, 0.15) is 58.8 Å². The third-order valence-corrected chi connectivity index (χ3v) is 3.21. The van der Waals surface area contributed by atoms with Crippen LogP contribution in [0.3, 0.4) is 0 Å². The highest BCUT2D eigenvalue weighted by Crippen LogP contribution is 2.13. The van der Waals surface area contributed by atoms with Gasteiger partial charge in [-0.1, -0.05) is 46.0 Å². The lowest BCUT2D eigenvalue weighted by molar-refractivity contribution is -0.140. The number of esters is 1. The van der Waals surface area contributed by atoms with E-state index in [1.54, 1.807) is 0 Å². The SMILES string of the molecule is CCCCCCC(CC)CNCCC(=O)OC. The third kappa shape index (κ3) is 10.3. The van der Waals surface area contributed by atoms with Gasteiger partial charge < -0.3 is 10.1 Å². The zero-order chi connectivity index (χ0) is 12.9. The van der Waals surface area contributed by atoms with Crippen LogP contribution in [0.15, 0.2) is 0 Å². The van der Waals surface area contributed by atoms with E-state index in [4.69, 9.17) is 0 Å². The summed E-state index contributed by atoms with van der Waals surface area (Å²) in [5, 5.41) is 3.34. The second-order valence-corrected chi connectivity index (χ2v) is 4.65. The second-order valence-electron chi connectivity index (χ2n) is 4.65. The smallest absolute Gasteiger partial charge is 0.306 e. The van der Waals surface area contributed by atoms with Crippen LogP contribution in [0.25, 0.3) is 0 Å². The summed E-state index contributed by atoms with van der Waals surface area (Å²) in [4.78, 5) is 10.9. The molecular weight excluding hydrogens is 214 g/mol. The zero-order valence-electron chi connectivity index (χ0n) is 11.8. The molecular formula is C14H29NO2. The summed E-state index contributed by atoms with van der Waals surface area (Å²) in [6, 6.07) is 0. The van der Waals surface area contributed by atoms with Crippen LogP contribution in [0.4, 0.5) is 0 Å². The van der Waals surface area contributed by atoms with E-state index in [9.17, 15) is 4.79 Å². The molecule has 102 valence electrons. The van der Waals surface area contributed by atoms with E-state index in [2.05, 4.69) is 23.9 Å². The average Bonchev–Trinajstić information content (AvgIpc) is 2.36. The summed E-state index contributed by atoms with van der Waals surface area (Å²) in [5.41, 5.74) is 0. The van der Waals surface area contributed by atoms with Gasteiger partial charge in [0.05, 0.1) is 13.5 Å². The molecule has 0 rings (SSSR count). The molecule has 0 radical (unpaired) electrons. The molecule has 0 aromatic heterocycles. The Kier molecular flexibility index (Phi) is 11.5. The largest absolute Gasteiger partial charge is 0.469 e. The number of rotatable bonds is 11. The molecule has 0 aliphatic rings. The first-order valence-electron chi connectivity index (χ1n) is 7.02.